The SMILES string of the molecule is CC(C)(C)C[C@H](NCc1cn[nH]c1-c1ccc(F)cc1)c1cccnc1. The molecule has 0 bridgehead atoms. The summed E-state index contributed by atoms with van der Waals surface area (Å²) >= 11 is 0. The summed E-state index contributed by atoms with van der Waals surface area (Å²) in [5.41, 5.74) is 4.25. The van der Waals surface area contributed by atoms with Crippen molar-refractivity contribution in [2.75, 3.05) is 0 Å². The quantitative estimate of drug-likeness (QED) is 0.665. The second-order valence-corrected chi connectivity index (χ2v) is 7.76. The van der Waals surface area contributed by atoms with Gasteiger partial charge in [0.15, 0.2) is 0 Å². The van der Waals surface area contributed by atoms with E-state index in [2.05, 4.69) is 47.3 Å². The molecule has 136 valence electrons. The van der Waals surface area contributed by atoms with E-state index >= 15 is 0 Å². The molecule has 0 saturated carbocycles. The summed E-state index contributed by atoms with van der Waals surface area (Å²) in [6.45, 7) is 7.37. The maximum absolute atomic E-state index is 13.2. The lowest BCUT2D eigenvalue weighted by molar-refractivity contribution is 0.310. The van der Waals surface area contributed by atoms with Crippen LogP contribution in [0, 0.1) is 11.2 Å². The fourth-order valence-electron chi connectivity index (χ4n) is 3.05. The van der Waals surface area contributed by atoms with Gasteiger partial charge in [-0.15, -0.1) is 0 Å². The molecule has 0 saturated heterocycles. The van der Waals surface area contributed by atoms with Crippen LogP contribution in [0.1, 0.15) is 44.4 Å². The molecule has 0 aliphatic carbocycles. The van der Waals surface area contributed by atoms with Gasteiger partial charge >= 0.3 is 0 Å². The van der Waals surface area contributed by atoms with Gasteiger partial charge in [-0.2, -0.15) is 5.10 Å². The first-order valence-electron chi connectivity index (χ1n) is 8.84. The van der Waals surface area contributed by atoms with Crippen molar-refractivity contribution in [3.8, 4) is 11.3 Å². The third-order valence-electron chi connectivity index (χ3n) is 4.29. The maximum atomic E-state index is 13.2. The highest BCUT2D eigenvalue weighted by Gasteiger charge is 2.21. The zero-order chi connectivity index (χ0) is 18.6. The predicted molar refractivity (Wildman–Crippen MR) is 102 cm³/mol. The van der Waals surface area contributed by atoms with Crippen LogP contribution in [0.4, 0.5) is 4.39 Å². The summed E-state index contributed by atoms with van der Waals surface area (Å²) < 4.78 is 13.2. The van der Waals surface area contributed by atoms with E-state index in [4.69, 9.17) is 0 Å². The Morgan fingerprint density at radius 3 is 2.54 bits per heavy atom. The number of hydrogen-bond acceptors (Lipinski definition) is 3. The monoisotopic (exact) mass is 352 g/mol. The number of H-pyrrole nitrogens is 1. The summed E-state index contributed by atoms with van der Waals surface area (Å²) in [5, 5.41) is 10.8. The van der Waals surface area contributed by atoms with Gasteiger partial charge in [0.25, 0.3) is 0 Å². The molecule has 3 aromatic rings. The molecule has 0 aliphatic heterocycles. The van der Waals surface area contributed by atoms with E-state index in [9.17, 15) is 4.39 Å². The Bertz CT molecular complexity index is 819. The average molecular weight is 352 g/mol. The lowest BCUT2D eigenvalue weighted by Gasteiger charge is -2.27. The standard InChI is InChI=1S/C21H25FN4/c1-21(2,3)11-19(16-5-4-10-23-12-16)24-13-17-14-25-26-20(17)15-6-8-18(22)9-7-15/h4-10,12,14,19,24H,11,13H2,1-3H3,(H,25,26)/t19-/m0/s1. The van der Waals surface area contributed by atoms with E-state index in [1.165, 1.54) is 17.7 Å². The van der Waals surface area contributed by atoms with Crippen LogP contribution in [0.3, 0.4) is 0 Å². The first-order chi connectivity index (χ1) is 12.4. The minimum Gasteiger partial charge on any atom is -0.306 e. The molecule has 1 atom stereocenters. The van der Waals surface area contributed by atoms with Gasteiger partial charge in [0, 0.05) is 36.1 Å². The molecule has 5 heteroatoms. The van der Waals surface area contributed by atoms with E-state index in [-0.39, 0.29) is 17.3 Å². The molecule has 0 unspecified atom stereocenters. The van der Waals surface area contributed by atoms with E-state index < -0.39 is 0 Å². The summed E-state index contributed by atoms with van der Waals surface area (Å²) in [4.78, 5) is 4.26. The van der Waals surface area contributed by atoms with Crippen LogP contribution in [0.5, 0.6) is 0 Å². The fraction of sp³-hybridized carbons (Fsp3) is 0.333. The van der Waals surface area contributed by atoms with Crippen LogP contribution in [-0.4, -0.2) is 15.2 Å². The normalized spacial score (nSPS) is 12.9. The molecule has 0 radical (unpaired) electrons. The second kappa shape index (κ2) is 7.79. The first-order valence-corrected chi connectivity index (χ1v) is 8.84. The van der Waals surface area contributed by atoms with Gasteiger partial charge < -0.3 is 5.32 Å². The minimum atomic E-state index is -0.241. The lowest BCUT2D eigenvalue weighted by atomic mass is 9.85. The van der Waals surface area contributed by atoms with Crippen LogP contribution in [0.2, 0.25) is 0 Å². The van der Waals surface area contributed by atoms with Crippen LogP contribution < -0.4 is 5.32 Å². The molecule has 0 fully saturated rings. The van der Waals surface area contributed by atoms with E-state index in [1.807, 2.05) is 18.5 Å². The Balaban J connectivity index is 1.78. The zero-order valence-corrected chi connectivity index (χ0v) is 15.5. The predicted octanol–water partition coefficient (Wildman–Crippen LogP) is 4.88. The molecular weight excluding hydrogens is 327 g/mol. The summed E-state index contributed by atoms with van der Waals surface area (Å²) in [5.74, 6) is -0.241. The molecule has 4 nitrogen and oxygen atoms in total. The van der Waals surface area contributed by atoms with Crippen molar-refractivity contribution in [3.63, 3.8) is 0 Å². The maximum Gasteiger partial charge on any atom is 0.123 e. The van der Waals surface area contributed by atoms with Crippen LogP contribution in [0.25, 0.3) is 11.3 Å². The van der Waals surface area contributed by atoms with Crippen molar-refractivity contribution in [2.45, 2.75) is 39.8 Å². The van der Waals surface area contributed by atoms with Crippen LogP contribution in [0.15, 0.2) is 55.0 Å². The average Bonchev–Trinajstić information content (AvgIpc) is 3.07. The van der Waals surface area contributed by atoms with Gasteiger partial charge in [0.2, 0.25) is 0 Å². The molecule has 0 aliphatic rings. The summed E-state index contributed by atoms with van der Waals surface area (Å²) in [6.07, 6.45) is 6.52. The van der Waals surface area contributed by atoms with E-state index in [0.29, 0.717) is 6.54 Å². The number of halogens is 1. The Morgan fingerprint density at radius 2 is 1.88 bits per heavy atom. The number of nitrogens with zero attached hydrogens (tertiary/aromatic N) is 2. The van der Waals surface area contributed by atoms with Gasteiger partial charge in [-0.05, 0) is 47.7 Å². The second-order valence-electron chi connectivity index (χ2n) is 7.76. The molecule has 0 amide bonds. The van der Waals surface area contributed by atoms with Crippen molar-refractivity contribution in [1.82, 2.24) is 20.5 Å². The number of aromatic amines is 1. The molecule has 2 aromatic heterocycles. The topological polar surface area (TPSA) is 53.6 Å². The van der Waals surface area contributed by atoms with Gasteiger partial charge in [-0.1, -0.05) is 26.8 Å². The number of rotatable bonds is 6. The Labute approximate surface area is 153 Å². The molecule has 3 rings (SSSR count). The van der Waals surface area contributed by atoms with E-state index in [0.717, 1.165) is 23.2 Å². The third kappa shape index (κ3) is 4.76. The molecule has 1 aromatic carbocycles. The Kier molecular flexibility index (Phi) is 5.47. The van der Waals surface area contributed by atoms with Crippen molar-refractivity contribution >= 4 is 0 Å². The van der Waals surface area contributed by atoms with E-state index in [1.54, 1.807) is 18.3 Å². The molecule has 2 N–H and O–H groups in total. The van der Waals surface area contributed by atoms with Gasteiger partial charge in [0.05, 0.1) is 11.9 Å². The van der Waals surface area contributed by atoms with Crippen molar-refractivity contribution in [3.05, 3.63) is 71.9 Å². The van der Waals surface area contributed by atoms with Crippen LogP contribution >= 0.6 is 0 Å². The number of hydrogen-bond donors (Lipinski definition) is 2. The zero-order valence-electron chi connectivity index (χ0n) is 15.5. The molecule has 0 spiro atoms. The highest BCUT2D eigenvalue weighted by molar-refractivity contribution is 5.62. The minimum absolute atomic E-state index is 0.184. The largest absolute Gasteiger partial charge is 0.306 e. The highest BCUT2D eigenvalue weighted by Crippen LogP contribution is 2.30. The molecule has 26 heavy (non-hydrogen) atoms. The van der Waals surface area contributed by atoms with Crippen molar-refractivity contribution in [2.24, 2.45) is 5.41 Å². The lowest BCUT2D eigenvalue weighted by Crippen LogP contribution is -2.25. The van der Waals surface area contributed by atoms with Crippen LogP contribution in [-0.2, 0) is 6.54 Å². The smallest absolute Gasteiger partial charge is 0.123 e. The van der Waals surface area contributed by atoms with Crippen molar-refractivity contribution in [1.29, 1.82) is 0 Å². The number of pyridine rings is 1. The number of aromatic nitrogens is 3. The number of benzene rings is 1. The van der Waals surface area contributed by atoms with Crippen molar-refractivity contribution < 1.29 is 4.39 Å². The number of nitrogens with one attached hydrogen (secondary N) is 2. The fourth-order valence-corrected chi connectivity index (χ4v) is 3.05. The highest BCUT2D eigenvalue weighted by atomic mass is 19.1. The molecular formula is C21H25FN4. The molecule has 2 heterocycles. The Morgan fingerprint density at radius 1 is 1.12 bits per heavy atom. The van der Waals surface area contributed by atoms with Gasteiger partial charge in [0.1, 0.15) is 5.82 Å². The summed E-state index contributed by atoms with van der Waals surface area (Å²) in [6, 6.07) is 10.7. The van der Waals surface area contributed by atoms with Gasteiger partial charge in [-0.3, -0.25) is 10.1 Å². The third-order valence-corrected chi connectivity index (χ3v) is 4.29. The van der Waals surface area contributed by atoms with Gasteiger partial charge in [-0.25, -0.2) is 4.39 Å². The first kappa shape index (κ1) is 18.3. The Hall–Kier alpha value is -2.53. The summed E-state index contributed by atoms with van der Waals surface area (Å²) in [7, 11) is 0.